The van der Waals surface area contributed by atoms with Crippen LogP contribution >= 0.6 is 0 Å². The number of isocyanates is 2. The molecule has 0 amide bonds. The van der Waals surface area contributed by atoms with E-state index in [0.29, 0.717) is 26.1 Å². The smallest absolute Gasteiger partial charge is 0.237 e. The summed E-state index contributed by atoms with van der Waals surface area (Å²) >= 11 is 0. The van der Waals surface area contributed by atoms with Crippen LogP contribution in [-0.4, -0.2) is 37.8 Å². The second-order valence-electron chi connectivity index (χ2n) is 4.95. The third-order valence-electron chi connectivity index (χ3n) is 2.42. The first-order valence-electron chi connectivity index (χ1n) is 6.36. The average molecular weight is 270 g/mol. The average Bonchev–Trinajstić information content (AvgIpc) is 2.39. The molecule has 0 saturated heterocycles. The van der Waals surface area contributed by atoms with E-state index in [1.54, 1.807) is 0 Å². The molecule has 2 atom stereocenters. The summed E-state index contributed by atoms with van der Waals surface area (Å²) < 4.78 is 11.0. The minimum atomic E-state index is -0.466. The summed E-state index contributed by atoms with van der Waals surface area (Å²) in [6, 6.07) is 0. The quantitative estimate of drug-likeness (QED) is 0.450. The van der Waals surface area contributed by atoms with Crippen LogP contribution < -0.4 is 0 Å². The van der Waals surface area contributed by atoms with E-state index in [9.17, 15) is 9.59 Å². The standard InChI is InChI=1S/C13H22N2O4/c1-5-11(14-9-16)18-7-13(3,4)8-19-12(6-2)15-10-17/h11-12H,5-8H2,1-4H3. The predicted octanol–water partition coefficient (Wildman–Crippen LogP) is 2.19. The summed E-state index contributed by atoms with van der Waals surface area (Å²) in [4.78, 5) is 27.5. The Morgan fingerprint density at radius 1 is 0.947 bits per heavy atom. The Morgan fingerprint density at radius 2 is 1.32 bits per heavy atom. The number of hydrogen-bond acceptors (Lipinski definition) is 6. The molecule has 2 unspecified atom stereocenters. The second kappa shape index (κ2) is 9.59. The summed E-state index contributed by atoms with van der Waals surface area (Å²) in [5.41, 5.74) is -0.266. The van der Waals surface area contributed by atoms with Crippen molar-refractivity contribution in [1.29, 1.82) is 0 Å². The lowest BCUT2D eigenvalue weighted by Crippen LogP contribution is -2.30. The molecule has 0 saturated carbocycles. The molecule has 0 N–H and O–H groups in total. The molecule has 0 aromatic carbocycles. The van der Waals surface area contributed by atoms with Gasteiger partial charge in [0, 0.05) is 5.41 Å². The molecule has 108 valence electrons. The molecule has 19 heavy (non-hydrogen) atoms. The molecule has 0 rings (SSSR count). The van der Waals surface area contributed by atoms with E-state index in [0.717, 1.165) is 0 Å². The molecule has 0 radical (unpaired) electrons. The van der Waals surface area contributed by atoms with Gasteiger partial charge in [-0.05, 0) is 12.8 Å². The lowest BCUT2D eigenvalue weighted by molar-refractivity contribution is -0.0525. The van der Waals surface area contributed by atoms with Crippen molar-refractivity contribution in [3.8, 4) is 0 Å². The Kier molecular flexibility index (Phi) is 8.92. The fourth-order valence-electron chi connectivity index (χ4n) is 1.30. The van der Waals surface area contributed by atoms with Gasteiger partial charge >= 0.3 is 0 Å². The van der Waals surface area contributed by atoms with E-state index in [-0.39, 0.29) is 5.41 Å². The molecule has 0 aliphatic carbocycles. The van der Waals surface area contributed by atoms with Crippen molar-refractivity contribution in [3.05, 3.63) is 0 Å². The SMILES string of the molecule is CCC(N=C=O)OCC(C)(C)COC(CC)N=C=O. The number of carbonyl (C=O) groups excluding carboxylic acids is 2. The number of nitrogens with zero attached hydrogens (tertiary/aromatic N) is 2. The van der Waals surface area contributed by atoms with Gasteiger partial charge in [-0.3, -0.25) is 0 Å². The van der Waals surface area contributed by atoms with Gasteiger partial charge in [-0.25, -0.2) is 9.59 Å². The van der Waals surface area contributed by atoms with Gasteiger partial charge in [-0.1, -0.05) is 27.7 Å². The van der Waals surface area contributed by atoms with Crippen molar-refractivity contribution < 1.29 is 19.1 Å². The highest BCUT2D eigenvalue weighted by Gasteiger charge is 2.22. The highest BCUT2D eigenvalue weighted by atomic mass is 16.5. The van der Waals surface area contributed by atoms with E-state index >= 15 is 0 Å². The van der Waals surface area contributed by atoms with Crippen molar-refractivity contribution in [2.75, 3.05) is 13.2 Å². The molecule has 0 heterocycles. The van der Waals surface area contributed by atoms with E-state index in [1.165, 1.54) is 12.2 Å². The monoisotopic (exact) mass is 270 g/mol. The van der Waals surface area contributed by atoms with Gasteiger partial charge in [0.05, 0.1) is 13.2 Å². The molecule has 0 aliphatic rings. The molecule has 0 aliphatic heterocycles. The highest BCUT2D eigenvalue weighted by Crippen LogP contribution is 2.19. The lowest BCUT2D eigenvalue weighted by Gasteiger charge is -2.26. The maximum Gasteiger partial charge on any atom is 0.237 e. The van der Waals surface area contributed by atoms with Gasteiger partial charge in [0.25, 0.3) is 0 Å². The van der Waals surface area contributed by atoms with E-state index in [2.05, 4.69) is 9.98 Å². The fraction of sp³-hybridized carbons (Fsp3) is 0.846. The van der Waals surface area contributed by atoms with E-state index in [1.807, 2.05) is 27.7 Å². The van der Waals surface area contributed by atoms with Gasteiger partial charge in [0.2, 0.25) is 12.2 Å². The maximum absolute atomic E-state index is 10.2. The zero-order valence-electron chi connectivity index (χ0n) is 12.0. The lowest BCUT2D eigenvalue weighted by atomic mass is 9.96. The first kappa shape index (κ1) is 17.7. The van der Waals surface area contributed by atoms with Gasteiger partial charge < -0.3 is 9.47 Å². The fourth-order valence-corrected chi connectivity index (χ4v) is 1.30. The van der Waals surface area contributed by atoms with Crippen LogP contribution in [0.25, 0.3) is 0 Å². The largest absolute Gasteiger partial charge is 0.355 e. The van der Waals surface area contributed by atoms with Crippen molar-refractivity contribution in [2.45, 2.75) is 53.0 Å². The molecule has 0 spiro atoms. The Hall–Kier alpha value is -1.32. The van der Waals surface area contributed by atoms with Gasteiger partial charge in [0.15, 0.2) is 12.5 Å². The van der Waals surface area contributed by atoms with Crippen LogP contribution in [0.5, 0.6) is 0 Å². The summed E-state index contributed by atoms with van der Waals surface area (Å²) in [7, 11) is 0. The first-order chi connectivity index (χ1) is 8.99. The van der Waals surface area contributed by atoms with Crippen LogP contribution in [0, 0.1) is 5.41 Å². The molecule has 0 bridgehead atoms. The van der Waals surface area contributed by atoms with Crippen LogP contribution in [-0.2, 0) is 19.1 Å². The first-order valence-corrected chi connectivity index (χ1v) is 6.36. The van der Waals surface area contributed by atoms with Crippen LogP contribution in [0.2, 0.25) is 0 Å². The molecule has 0 aromatic rings. The molecule has 6 heteroatoms. The van der Waals surface area contributed by atoms with Crippen LogP contribution in [0.15, 0.2) is 9.98 Å². The van der Waals surface area contributed by atoms with E-state index in [4.69, 9.17) is 9.47 Å². The minimum Gasteiger partial charge on any atom is -0.355 e. The number of rotatable bonds is 10. The predicted molar refractivity (Wildman–Crippen MR) is 70.1 cm³/mol. The Morgan fingerprint density at radius 3 is 1.58 bits per heavy atom. The second-order valence-corrected chi connectivity index (χ2v) is 4.95. The van der Waals surface area contributed by atoms with Gasteiger partial charge in [0.1, 0.15) is 0 Å². The zero-order valence-corrected chi connectivity index (χ0v) is 12.0. The third-order valence-corrected chi connectivity index (χ3v) is 2.42. The summed E-state index contributed by atoms with van der Waals surface area (Å²) in [5.74, 6) is 0. The van der Waals surface area contributed by atoms with E-state index < -0.39 is 12.5 Å². The molecular weight excluding hydrogens is 248 g/mol. The van der Waals surface area contributed by atoms with Crippen molar-refractivity contribution in [3.63, 3.8) is 0 Å². The van der Waals surface area contributed by atoms with Crippen molar-refractivity contribution >= 4 is 12.2 Å². The third kappa shape index (κ3) is 8.41. The number of hydrogen-bond donors (Lipinski definition) is 0. The summed E-state index contributed by atoms with van der Waals surface area (Å²) in [5, 5.41) is 0. The molecule has 0 fully saturated rings. The van der Waals surface area contributed by atoms with Crippen molar-refractivity contribution in [2.24, 2.45) is 15.4 Å². The van der Waals surface area contributed by atoms with Crippen LogP contribution in [0.3, 0.4) is 0 Å². The Labute approximate surface area is 113 Å². The zero-order chi connectivity index (χ0) is 14.7. The van der Waals surface area contributed by atoms with Crippen LogP contribution in [0.1, 0.15) is 40.5 Å². The molecule has 6 nitrogen and oxygen atoms in total. The summed E-state index contributed by atoms with van der Waals surface area (Å²) in [6.45, 7) is 8.45. The van der Waals surface area contributed by atoms with Gasteiger partial charge in [-0.2, -0.15) is 9.98 Å². The highest BCUT2D eigenvalue weighted by molar-refractivity contribution is 5.33. The summed E-state index contributed by atoms with van der Waals surface area (Å²) in [6.07, 6.45) is 3.27. The van der Waals surface area contributed by atoms with Crippen molar-refractivity contribution in [1.82, 2.24) is 0 Å². The normalized spacial score (nSPS) is 14.1. The van der Waals surface area contributed by atoms with Gasteiger partial charge in [-0.15, -0.1) is 0 Å². The maximum atomic E-state index is 10.2. The molecular formula is C13H22N2O4. The van der Waals surface area contributed by atoms with Crippen LogP contribution in [0.4, 0.5) is 0 Å². The Balaban J connectivity index is 4.23. The molecule has 0 aromatic heterocycles. The minimum absolute atomic E-state index is 0.266. The Bertz CT molecular complexity index is 313. The number of ether oxygens (including phenoxy) is 2. The number of aliphatic imine (C=N–C) groups is 2. The topological polar surface area (TPSA) is 77.3 Å².